The van der Waals surface area contributed by atoms with Crippen molar-refractivity contribution < 1.29 is 16.4 Å². The average Bonchev–Trinajstić information content (AvgIpc) is 3.72. The van der Waals surface area contributed by atoms with Gasteiger partial charge in [0.25, 0.3) is 0 Å². The molecule has 2 aliphatic carbocycles. The summed E-state index contributed by atoms with van der Waals surface area (Å²) in [6.07, 6.45) is 6.87. The number of fused-ring (bicyclic) bond motifs is 2. The van der Waals surface area contributed by atoms with Gasteiger partial charge in [-0.2, -0.15) is 0 Å². The van der Waals surface area contributed by atoms with Gasteiger partial charge in [-0.25, -0.2) is 0 Å². The predicted octanol–water partition coefficient (Wildman–Crippen LogP) is 17.7. The van der Waals surface area contributed by atoms with Crippen molar-refractivity contribution >= 4 is 29.2 Å². The molecule has 0 heterocycles. The van der Waals surface area contributed by atoms with Crippen molar-refractivity contribution in [3.05, 3.63) is 127 Å². The van der Waals surface area contributed by atoms with Gasteiger partial charge in [-0.1, -0.05) is 0 Å². The van der Waals surface area contributed by atoms with Crippen LogP contribution in [-0.2, 0) is 38.1 Å². The summed E-state index contributed by atoms with van der Waals surface area (Å²) < 4.78 is 0.860. The SMILES string of the molecule is CCC1=Cc2c(-c3cc(C(C)(C)C)cc(C(C)(C)C)c3)ccc(C)c2[CH]1[Zr]([Cl])([Cl])([CH2]C)[CH]1C(CC)=Cc2c(-c3cc(C(C)(C)C)cc(C(C)(C)C)c3)ccc(C)c21. The fourth-order valence-corrected chi connectivity index (χ4v) is 28.4. The Kier molecular flexibility index (Phi) is 11.5. The Morgan fingerprint density at radius 1 is 0.474 bits per heavy atom. The van der Waals surface area contributed by atoms with Crippen molar-refractivity contribution in [3.8, 4) is 22.3 Å². The first-order chi connectivity index (χ1) is 26.1. The minimum atomic E-state index is -5.01. The van der Waals surface area contributed by atoms with E-state index in [4.69, 9.17) is 17.0 Å². The third kappa shape index (κ3) is 7.84. The number of hydrogen-bond acceptors (Lipinski definition) is 0. The van der Waals surface area contributed by atoms with E-state index in [0.717, 1.165) is 17.0 Å². The summed E-state index contributed by atoms with van der Waals surface area (Å²) in [6.45, 7) is 39.5. The molecule has 4 aromatic carbocycles. The van der Waals surface area contributed by atoms with E-state index in [1.807, 2.05) is 0 Å². The summed E-state index contributed by atoms with van der Waals surface area (Å²) in [5.41, 5.74) is 21.6. The first kappa shape index (κ1) is 44.4. The number of allylic oxidation sites excluding steroid dienone is 2. The van der Waals surface area contributed by atoms with Crippen LogP contribution in [-0.4, -0.2) is 0 Å². The molecule has 0 N–H and O–H groups in total. The molecule has 0 bridgehead atoms. The molecule has 0 nitrogen and oxygen atoms in total. The molecule has 6 rings (SSSR count). The van der Waals surface area contributed by atoms with Crippen LogP contribution in [0.4, 0.5) is 0 Å². The molecular formula is C54H71Cl2Zr. The van der Waals surface area contributed by atoms with Gasteiger partial charge in [-0.05, 0) is 0 Å². The zero-order chi connectivity index (χ0) is 42.4. The van der Waals surface area contributed by atoms with Crippen molar-refractivity contribution in [2.75, 3.05) is 0 Å². The fraction of sp³-hybridized carbons (Fsp3) is 0.481. The molecule has 305 valence electrons. The van der Waals surface area contributed by atoms with Crippen LogP contribution < -0.4 is 0 Å². The zero-order valence-corrected chi connectivity index (χ0v) is 42.4. The van der Waals surface area contributed by atoms with Crippen LogP contribution in [0.5, 0.6) is 0 Å². The second-order valence-corrected chi connectivity index (χ2v) is 44.7. The van der Waals surface area contributed by atoms with Gasteiger partial charge >= 0.3 is 359 Å². The monoisotopic (exact) mass is 879 g/mol. The molecule has 0 aliphatic heterocycles. The molecule has 0 fully saturated rings. The van der Waals surface area contributed by atoms with E-state index in [9.17, 15) is 0 Å². The summed E-state index contributed by atoms with van der Waals surface area (Å²) >= 11 is -5.01. The van der Waals surface area contributed by atoms with E-state index < -0.39 is 16.4 Å². The molecule has 2 aliphatic rings. The van der Waals surface area contributed by atoms with Crippen LogP contribution in [0, 0.1) is 13.8 Å². The molecule has 2 atom stereocenters. The molecule has 3 heteroatoms. The van der Waals surface area contributed by atoms with Crippen LogP contribution in [0.25, 0.3) is 34.4 Å². The Morgan fingerprint density at radius 3 is 1.02 bits per heavy atom. The Bertz CT molecular complexity index is 2080. The second-order valence-electron chi connectivity index (χ2n) is 21.8. The maximum atomic E-state index is 8.77. The molecule has 0 amide bonds. The Balaban J connectivity index is 1.61. The van der Waals surface area contributed by atoms with Crippen molar-refractivity contribution in [3.63, 3.8) is 0 Å². The van der Waals surface area contributed by atoms with Gasteiger partial charge in [-0.15, -0.1) is 0 Å². The molecule has 57 heavy (non-hydrogen) atoms. The molecule has 0 radical (unpaired) electrons. The molecular weight excluding hydrogens is 811 g/mol. The third-order valence-electron chi connectivity index (χ3n) is 13.6. The maximum absolute atomic E-state index is 8.77. The number of aryl methyl sites for hydroxylation is 2. The standard InChI is InChI=1S/2C26H33.C2H5.2ClH.Zr/c2*1-9-18-12-23-17(2)10-11-22(24(23)13-18)19-14-20(25(3,4)5)16-21(15-19)26(6,7)8;1-2;;;/h2*10-16H,9H2,1-8H3;1H2,2H3;2*1H;/q;;;;;+2/p-2. The summed E-state index contributed by atoms with van der Waals surface area (Å²) in [5.74, 6) is 0. The van der Waals surface area contributed by atoms with Gasteiger partial charge < -0.3 is 0 Å². The first-order valence-electron chi connectivity index (χ1n) is 21.7. The van der Waals surface area contributed by atoms with Crippen LogP contribution >= 0.6 is 17.0 Å². The van der Waals surface area contributed by atoms with Crippen LogP contribution in [0.3, 0.4) is 0 Å². The summed E-state index contributed by atoms with van der Waals surface area (Å²) in [5, 5.41) is 0. The van der Waals surface area contributed by atoms with Crippen LogP contribution in [0.2, 0.25) is 4.13 Å². The second kappa shape index (κ2) is 14.8. The van der Waals surface area contributed by atoms with E-state index >= 15 is 0 Å². The van der Waals surface area contributed by atoms with Gasteiger partial charge in [0.1, 0.15) is 0 Å². The van der Waals surface area contributed by atoms with E-state index in [1.54, 1.807) is 0 Å². The topological polar surface area (TPSA) is 0 Å². The first-order valence-corrected chi connectivity index (χ1v) is 32.6. The van der Waals surface area contributed by atoms with E-state index in [0.29, 0.717) is 0 Å². The summed E-state index contributed by atoms with van der Waals surface area (Å²) in [4.78, 5) is 0. The molecule has 0 saturated heterocycles. The molecule has 4 aromatic rings. The Labute approximate surface area is 356 Å². The normalized spacial score (nSPS) is 18.2. The minimum absolute atomic E-state index is 0.0262. The fourth-order valence-electron chi connectivity index (χ4n) is 9.81. The molecule has 0 saturated carbocycles. The zero-order valence-electron chi connectivity index (χ0n) is 38.5. The third-order valence-corrected chi connectivity index (χ3v) is 34.3. The van der Waals surface area contributed by atoms with Gasteiger partial charge in [0.15, 0.2) is 0 Å². The van der Waals surface area contributed by atoms with Gasteiger partial charge in [-0.3, -0.25) is 0 Å². The number of rotatable bonds is 7. The van der Waals surface area contributed by atoms with E-state index in [-0.39, 0.29) is 28.9 Å². The van der Waals surface area contributed by atoms with Crippen LogP contribution in [0.15, 0.2) is 71.8 Å². The van der Waals surface area contributed by atoms with Gasteiger partial charge in [0.05, 0.1) is 0 Å². The molecule has 0 spiro atoms. The van der Waals surface area contributed by atoms with E-state index in [2.05, 4.69) is 191 Å². The summed E-state index contributed by atoms with van der Waals surface area (Å²) in [6, 6.07) is 24.0. The van der Waals surface area contributed by atoms with Crippen molar-refractivity contribution in [2.45, 2.75) is 164 Å². The molecule has 0 aromatic heterocycles. The quantitative estimate of drug-likeness (QED) is 0.173. The predicted molar refractivity (Wildman–Crippen MR) is 252 cm³/mol. The van der Waals surface area contributed by atoms with Crippen molar-refractivity contribution in [2.24, 2.45) is 0 Å². The van der Waals surface area contributed by atoms with Crippen molar-refractivity contribution in [1.29, 1.82) is 0 Å². The number of hydrogen-bond donors (Lipinski definition) is 0. The Hall–Kier alpha value is -2.18. The van der Waals surface area contributed by atoms with Gasteiger partial charge in [0, 0.05) is 0 Å². The summed E-state index contributed by atoms with van der Waals surface area (Å²) in [7, 11) is 17.5. The van der Waals surface area contributed by atoms with Gasteiger partial charge in [0.2, 0.25) is 0 Å². The van der Waals surface area contributed by atoms with Crippen molar-refractivity contribution in [1.82, 2.24) is 0 Å². The average molecular weight is 882 g/mol. The number of halogens is 2. The number of benzene rings is 4. The molecule has 2 unspecified atom stereocenters. The van der Waals surface area contributed by atoms with Crippen LogP contribution in [0.1, 0.15) is 180 Å². The van der Waals surface area contributed by atoms with E-state index in [1.165, 1.54) is 89.0 Å². The Morgan fingerprint density at radius 2 is 0.772 bits per heavy atom.